The molecule has 0 aromatic carbocycles. The van der Waals surface area contributed by atoms with Crippen LogP contribution in [0.5, 0.6) is 0 Å². The van der Waals surface area contributed by atoms with E-state index in [9.17, 15) is 8.78 Å². The Labute approximate surface area is 79.9 Å². The van der Waals surface area contributed by atoms with E-state index >= 15 is 0 Å². The van der Waals surface area contributed by atoms with Gasteiger partial charge in [0.1, 0.15) is 0 Å². The monoisotopic (exact) mass is 193 g/mol. The van der Waals surface area contributed by atoms with Gasteiger partial charge in [0.2, 0.25) is 0 Å². The predicted molar refractivity (Wildman–Crippen MR) is 52.2 cm³/mol. The van der Waals surface area contributed by atoms with E-state index in [0.717, 1.165) is 12.8 Å². The van der Waals surface area contributed by atoms with Crippen molar-refractivity contribution in [2.45, 2.75) is 52.5 Å². The lowest BCUT2D eigenvalue weighted by atomic mass is 9.97. The topological polar surface area (TPSA) is 12.0 Å². The number of hydrogen-bond donors (Lipinski definition) is 1. The molecule has 0 saturated carbocycles. The highest BCUT2D eigenvalue weighted by Gasteiger charge is 2.20. The van der Waals surface area contributed by atoms with Crippen molar-refractivity contribution in [2.75, 3.05) is 6.54 Å². The van der Waals surface area contributed by atoms with E-state index in [-0.39, 0.29) is 0 Å². The lowest BCUT2D eigenvalue weighted by molar-refractivity contribution is 0.0868. The molecule has 0 amide bonds. The molecule has 0 bridgehead atoms. The van der Waals surface area contributed by atoms with E-state index < -0.39 is 12.5 Å². The van der Waals surface area contributed by atoms with Gasteiger partial charge in [-0.2, -0.15) is 0 Å². The summed E-state index contributed by atoms with van der Waals surface area (Å²) in [6.45, 7) is 6.60. The molecule has 1 nitrogen and oxygen atoms in total. The zero-order valence-electron chi connectivity index (χ0n) is 8.82. The first-order chi connectivity index (χ1) is 6.11. The minimum atomic E-state index is -2.24. The maximum Gasteiger partial charge on any atom is 0.253 e. The summed E-state index contributed by atoms with van der Waals surface area (Å²) in [5.41, 5.74) is 0. The maximum atomic E-state index is 12.4. The molecule has 0 aliphatic carbocycles. The lowest BCUT2D eigenvalue weighted by Gasteiger charge is -2.20. The van der Waals surface area contributed by atoms with Crippen LogP contribution in [0.4, 0.5) is 8.78 Å². The van der Waals surface area contributed by atoms with Crippen LogP contribution in [-0.2, 0) is 0 Å². The summed E-state index contributed by atoms with van der Waals surface area (Å²) in [7, 11) is 0. The Kier molecular flexibility index (Phi) is 7.14. The van der Waals surface area contributed by atoms with Gasteiger partial charge in [-0.25, -0.2) is 8.78 Å². The second-order valence-corrected chi connectivity index (χ2v) is 3.63. The molecule has 0 heterocycles. The van der Waals surface area contributed by atoms with E-state index in [0.29, 0.717) is 18.9 Å². The third-order valence-electron chi connectivity index (χ3n) is 2.21. The zero-order chi connectivity index (χ0) is 10.3. The van der Waals surface area contributed by atoms with Crippen LogP contribution in [0.15, 0.2) is 0 Å². The van der Waals surface area contributed by atoms with Crippen molar-refractivity contribution in [2.24, 2.45) is 5.92 Å². The van der Waals surface area contributed by atoms with Gasteiger partial charge in [-0.05, 0) is 18.9 Å². The minimum Gasteiger partial charge on any atom is -0.309 e. The summed E-state index contributed by atoms with van der Waals surface area (Å²) in [6.07, 6.45) is 0.455. The van der Waals surface area contributed by atoms with Crippen molar-refractivity contribution >= 4 is 0 Å². The molecule has 0 rings (SSSR count). The summed E-state index contributed by atoms with van der Waals surface area (Å²) in [5.74, 6) is 0.392. The summed E-state index contributed by atoms with van der Waals surface area (Å²) in [5, 5.41) is 2.82. The third kappa shape index (κ3) is 5.97. The molecular formula is C10H21F2N. The molecule has 0 aromatic rings. The SMILES string of the molecule is CCCC(C)CC(NCC)C(F)F. The van der Waals surface area contributed by atoms with Gasteiger partial charge in [-0.15, -0.1) is 0 Å². The Morgan fingerprint density at radius 3 is 2.23 bits per heavy atom. The third-order valence-corrected chi connectivity index (χ3v) is 2.21. The molecule has 3 heteroatoms. The fourth-order valence-electron chi connectivity index (χ4n) is 1.58. The van der Waals surface area contributed by atoms with Crippen molar-refractivity contribution in [1.29, 1.82) is 0 Å². The minimum absolute atomic E-state index is 0.392. The van der Waals surface area contributed by atoms with Gasteiger partial charge in [0, 0.05) is 0 Å². The van der Waals surface area contributed by atoms with Crippen LogP contribution in [0.25, 0.3) is 0 Å². The predicted octanol–water partition coefficient (Wildman–Crippen LogP) is 3.06. The Bertz CT molecular complexity index is 117. The van der Waals surface area contributed by atoms with Crippen LogP contribution in [0.1, 0.15) is 40.0 Å². The highest BCUT2D eigenvalue weighted by molar-refractivity contribution is 4.71. The molecular weight excluding hydrogens is 172 g/mol. The second kappa shape index (κ2) is 7.25. The molecule has 0 aliphatic rings. The number of rotatable bonds is 7. The summed E-state index contributed by atoms with van der Waals surface area (Å²) in [4.78, 5) is 0. The van der Waals surface area contributed by atoms with Gasteiger partial charge < -0.3 is 5.32 Å². The van der Waals surface area contributed by atoms with Gasteiger partial charge >= 0.3 is 0 Å². The molecule has 13 heavy (non-hydrogen) atoms. The Hall–Kier alpha value is -0.180. The average molecular weight is 193 g/mol. The first kappa shape index (κ1) is 12.8. The first-order valence-electron chi connectivity index (χ1n) is 5.13. The van der Waals surface area contributed by atoms with Gasteiger partial charge in [0.05, 0.1) is 6.04 Å². The number of nitrogens with one attached hydrogen (secondary N) is 1. The van der Waals surface area contributed by atoms with Gasteiger partial charge in [-0.3, -0.25) is 0 Å². The molecule has 0 spiro atoms. The van der Waals surface area contributed by atoms with E-state index in [1.165, 1.54) is 0 Å². The van der Waals surface area contributed by atoms with E-state index in [4.69, 9.17) is 0 Å². The summed E-state index contributed by atoms with van der Waals surface area (Å²) in [6, 6.07) is -0.619. The van der Waals surface area contributed by atoms with Crippen molar-refractivity contribution in [3.8, 4) is 0 Å². The van der Waals surface area contributed by atoms with Gasteiger partial charge in [0.25, 0.3) is 6.43 Å². The average Bonchev–Trinajstić information content (AvgIpc) is 2.04. The quantitative estimate of drug-likeness (QED) is 0.655. The molecule has 0 fully saturated rings. The van der Waals surface area contributed by atoms with Crippen LogP contribution >= 0.6 is 0 Å². The smallest absolute Gasteiger partial charge is 0.253 e. The molecule has 80 valence electrons. The molecule has 2 unspecified atom stereocenters. The van der Waals surface area contributed by atoms with Crippen molar-refractivity contribution < 1.29 is 8.78 Å². The molecule has 0 aromatic heterocycles. The van der Waals surface area contributed by atoms with Crippen LogP contribution in [0.3, 0.4) is 0 Å². The molecule has 1 N–H and O–H groups in total. The number of hydrogen-bond acceptors (Lipinski definition) is 1. The summed E-state index contributed by atoms with van der Waals surface area (Å²) >= 11 is 0. The van der Waals surface area contributed by atoms with Crippen molar-refractivity contribution in [3.05, 3.63) is 0 Å². The van der Waals surface area contributed by atoms with Crippen molar-refractivity contribution in [1.82, 2.24) is 5.32 Å². The van der Waals surface area contributed by atoms with E-state index in [1.54, 1.807) is 0 Å². The van der Waals surface area contributed by atoms with Gasteiger partial charge in [0.15, 0.2) is 0 Å². The van der Waals surface area contributed by atoms with Crippen molar-refractivity contribution in [3.63, 3.8) is 0 Å². The van der Waals surface area contributed by atoms with Crippen LogP contribution < -0.4 is 5.32 Å². The molecule has 0 saturated heterocycles. The maximum absolute atomic E-state index is 12.4. The highest BCUT2D eigenvalue weighted by Crippen LogP contribution is 2.16. The fraction of sp³-hybridized carbons (Fsp3) is 1.00. The fourth-order valence-corrected chi connectivity index (χ4v) is 1.58. The molecule has 2 atom stereocenters. The van der Waals surface area contributed by atoms with Crippen LogP contribution in [-0.4, -0.2) is 19.0 Å². The largest absolute Gasteiger partial charge is 0.309 e. The molecule has 0 aliphatic heterocycles. The van der Waals surface area contributed by atoms with E-state index in [2.05, 4.69) is 12.2 Å². The molecule has 0 radical (unpaired) electrons. The van der Waals surface area contributed by atoms with Gasteiger partial charge in [-0.1, -0.05) is 33.6 Å². The standard InChI is InChI=1S/C10H21F2N/c1-4-6-8(3)7-9(10(11)12)13-5-2/h8-10,13H,4-7H2,1-3H3. The first-order valence-corrected chi connectivity index (χ1v) is 5.13. The highest BCUT2D eigenvalue weighted by atomic mass is 19.3. The second-order valence-electron chi connectivity index (χ2n) is 3.63. The number of halogens is 2. The normalized spacial score (nSPS) is 16.2. The Morgan fingerprint density at radius 1 is 1.23 bits per heavy atom. The zero-order valence-corrected chi connectivity index (χ0v) is 8.82. The number of alkyl halides is 2. The lowest BCUT2D eigenvalue weighted by Crippen LogP contribution is -2.36. The summed E-state index contributed by atoms with van der Waals surface area (Å²) < 4.78 is 24.8. The van der Waals surface area contributed by atoms with Crippen LogP contribution in [0, 0.1) is 5.92 Å². The Balaban J connectivity index is 3.79. The van der Waals surface area contributed by atoms with Crippen LogP contribution in [0.2, 0.25) is 0 Å². The Morgan fingerprint density at radius 2 is 1.85 bits per heavy atom. The van der Waals surface area contributed by atoms with E-state index in [1.807, 2.05) is 13.8 Å².